The minimum Gasteiger partial charge on any atom is -0.394 e. The van der Waals surface area contributed by atoms with Gasteiger partial charge in [-0.1, -0.05) is 28.9 Å². The monoisotopic (exact) mass is 317 g/mol. The Kier molecular flexibility index (Phi) is 6.55. The first-order valence-electron chi connectivity index (χ1n) is 5.84. The number of likely N-dealkylation sites (N-methyl/N-ethyl adjacent to an activating group) is 1. The van der Waals surface area contributed by atoms with Gasteiger partial charge in [-0.2, -0.15) is 0 Å². The molecule has 0 aromatic heterocycles. The highest BCUT2D eigenvalue weighted by Crippen LogP contribution is 2.24. The third kappa shape index (κ3) is 5.42. The molecule has 2 N–H and O–H groups in total. The van der Waals surface area contributed by atoms with Crippen molar-refractivity contribution < 1.29 is 5.11 Å². The average molecular weight is 318 g/mol. The van der Waals surface area contributed by atoms with Crippen molar-refractivity contribution in [2.75, 3.05) is 18.9 Å². The molecule has 0 bridgehead atoms. The summed E-state index contributed by atoms with van der Waals surface area (Å²) in [4.78, 5) is 1.26. The van der Waals surface area contributed by atoms with E-state index in [1.807, 2.05) is 23.9 Å². The maximum atomic E-state index is 9.38. The number of aliphatic hydroxyl groups excluding tert-OH is 1. The highest BCUT2D eigenvalue weighted by atomic mass is 79.9. The molecule has 0 aliphatic heterocycles. The van der Waals surface area contributed by atoms with Crippen LogP contribution in [0.4, 0.5) is 0 Å². The van der Waals surface area contributed by atoms with Crippen molar-refractivity contribution in [2.24, 2.45) is 0 Å². The van der Waals surface area contributed by atoms with E-state index in [9.17, 15) is 5.11 Å². The molecule has 17 heavy (non-hydrogen) atoms. The van der Waals surface area contributed by atoms with E-state index in [0.29, 0.717) is 0 Å². The van der Waals surface area contributed by atoms with Gasteiger partial charge in [-0.15, -0.1) is 11.8 Å². The van der Waals surface area contributed by atoms with Gasteiger partial charge in [0.05, 0.1) is 6.61 Å². The van der Waals surface area contributed by atoms with Crippen molar-refractivity contribution in [1.29, 1.82) is 0 Å². The number of thioether (sulfide) groups is 1. The summed E-state index contributed by atoms with van der Waals surface area (Å²) in [5.74, 6) is 1.00. The van der Waals surface area contributed by atoms with E-state index in [1.165, 1.54) is 4.90 Å². The molecule has 1 aromatic rings. The van der Waals surface area contributed by atoms with E-state index in [1.54, 1.807) is 0 Å². The van der Waals surface area contributed by atoms with Crippen molar-refractivity contribution in [3.05, 3.63) is 28.7 Å². The van der Waals surface area contributed by atoms with Gasteiger partial charge in [0, 0.05) is 14.9 Å². The molecule has 0 radical (unpaired) electrons. The maximum Gasteiger partial charge on any atom is 0.0610 e. The van der Waals surface area contributed by atoms with Crippen molar-refractivity contribution in [3.8, 4) is 0 Å². The van der Waals surface area contributed by atoms with Gasteiger partial charge in [0.25, 0.3) is 0 Å². The molecule has 1 atom stereocenters. The normalized spacial score (nSPS) is 14.6. The summed E-state index contributed by atoms with van der Waals surface area (Å²) < 4.78 is 1.11. The van der Waals surface area contributed by atoms with Crippen LogP contribution in [0.1, 0.15) is 20.3 Å². The highest BCUT2D eigenvalue weighted by Gasteiger charge is 2.21. The standard InChI is InChI=1S/C13H20BrNOS/c1-3-15-13(2,10-16)7-8-17-12-6-4-5-11(14)9-12/h4-6,9,15-16H,3,7-8,10H2,1-2H3. The summed E-state index contributed by atoms with van der Waals surface area (Å²) in [5.41, 5.74) is -0.159. The van der Waals surface area contributed by atoms with Crippen molar-refractivity contribution in [3.63, 3.8) is 0 Å². The third-order valence-electron chi connectivity index (χ3n) is 2.67. The highest BCUT2D eigenvalue weighted by molar-refractivity contribution is 9.10. The lowest BCUT2D eigenvalue weighted by molar-refractivity contribution is 0.173. The Balaban J connectivity index is 2.41. The first kappa shape index (κ1) is 15.0. The molecule has 1 aromatic carbocycles. The van der Waals surface area contributed by atoms with Gasteiger partial charge in [0.2, 0.25) is 0 Å². The lowest BCUT2D eigenvalue weighted by Gasteiger charge is -2.28. The van der Waals surface area contributed by atoms with E-state index in [-0.39, 0.29) is 12.1 Å². The topological polar surface area (TPSA) is 32.3 Å². The van der Waals surface area contributed by atoms with Crippen LogP contribution in [-0.4, -0.2) is 29.5 Å². The molecule has 1 unspecified atom stereocenters. The van der Waals surface area contributed by atoms with Crippen molar-refractivity contribution in [2.45, 2.75) is 30.7 Å². The van der Waals surface area contributed by atoms with Crippen molar-refractivity contribution in [1.82, 2.24) is 5.32 Å². The van der Waals surface area contributed by atoms with Crippen LogP contribution in [0, 0.1) is 0 Å². The molecule has 2 nitrogen and oxygen atoms in total. The second-order valence-electron chi connectivity index (χ2n) is 4.30. The first-order chi connectivity index (χ1) is 8.09. The second kappa shape index (κ2) is 7.41. The molecular formula is C13H20BrNOS. The van der Waals surface area contributed by atoms with Gasteiger partial charge in [0.15, 0.2) is 0 Å². The van der Waals surface area contributed by atoms with Gasteiger partial charge in [-0.3, -0.25) is 0 Å². The maximum absolute atomic E-state index is 9.38. The number of aliphatic hydroxyl groups is 1. The van der Waals surface area contributed by atoms with Crippen LogP contribution < -0.4 is 5.32 Å². The molecule has 0 amide bonds. The molecule has 4 heteroatoms. The fourth-order valence-electron chi connectivity index (χ4n) is 1.60. The van der Waals surface area contributed by atoms with Crippen LogP contribution in [0.5, 0.6) is 0 Å². The zero-order valence-electron chi connectivity index (χ0n) is 10.4. The number of hydrogen-bond acceptors (Lipinski definition) is 3. The van der Waals surface area contributed by atoms with Gasteiger partial charge in [0.1, 0.15) is 0 Å². The van der Waals surface area contributed by atoms with Crippen LogP contribution in [-0.2, 0) is 0 Å². The summed E-state index contributed by atoms with van der Waals surface area (Å²) in [7, 11) is 0. The summed E-state index contributed by atoms with van der Waals surface area (Å²) in [6.45, 7) is 5.20. The van der Waals surface area contributed by atoms with Gasteiger partial charge >= 0.3 is 0 Å². The predicted octanol–water partition coefficient (Wildman–Crippen LogP) is 3.29. The summed E-state index contributed by atoms with van der Waals surface area (Å²) in [6.07, 6.45) is 0.953. The smallest absolute Gasteiger partial charge is 0.0610 e. The summed E-state index contributed by atoms with van der Waals surface area (Å²) >= 11 is 5.29. The number of nitrogens with one attached hydrogen (secondary N) is 1. The Morgan fingerprint density at radius 2 is 2.24 bits per heavy atom. The Labute approximate surface area is 116 Å². The molecule has 0 spiro atoms. The Hall–Kier alpha value is -0.0300. The average Bonchev–Trinajstić information content (AvgIpc) is 2.29. The summed E-state index contributed by atoms with van der Waals surface area (Å²) in [6, 6.07) is 8.30. The fourth-order valence-corrected chi connectivity index (χ4v) is 3.33. The molecular weight excluding hydrogens is 298 g/mol. The van der Waals surface area contributed by atoms with Crippen LogP contribution >= 0.6 is 27.7 Å². The number of rotatable bonds is 7. The molecule has 96 valence electrons. The van der Waals surface area contributed by atoms with Crippen molar-refractivity contribution >= 4 is 27.7 Å². The zero-order valence-corrected chi connectivity index (χ0v) is 12.8. The van der Waals surface area contributed by atoms with E-state index in [2.05, 4.69) is 47.2 Å². The Morgan fingerprint density at radius 1 is 1.47 bits per heavy atom. The van der Waals surface area contributed by atoms with E-state index in [0.717, 1.165) is 23.2 Å². The van der Waals surface area contributed by atoms with Gasteiger partial charge < -0.3 is 10.4 Å². The largest absolute Gasteiger partial charge is 0.394 e. The van der Waals surface area contributed by atoms with Gasteiger partial charge in [-0.25, -0.2) is 0 Å². The molecule has 0 fully saturated rings. The lowest BCUT2D eigenvalue weighted by Crippen LogP contribution is -2.46. The second-order valence-corrected chi connectivity index (χ2v) is 6.39. The lowest BCUT2D eigenvalue weighted by atomic mass is 10.0. The van der Waals surface area contributed by atoms with Gasteiger partial charge in [-0.05, 0) is 43.8 Å². The van der Waals surface area contributed by atoms with Crippen LogP contribution in [0.2, 0.25) is 0 Å². The SMILES string of the molecule is CCNC(C)(CO)CCSc1cccc(Br)c1. The summed E-state index contributed by atoms with van der Waals surface area (Å²) in [5, 5.41) is 12.7. The zero-order chi connectivity index (χ0) is 12.7. The van der Waals surface area contributed by atoms with E-state index >= 15 is 0 Å². The van der Waals surface area contributed by atoms with Crippen LogP contribution in [0.25, 0.3) is 0 Å². The fraction of sp³-hybridized carbons (Fsp3) is 0.538. The van der Waals surface area contributed by atoms with E-state index < -0.39 is 0 Å². The predicted molar refractivity (Wildman–Crippen MR) is 78.7 cm³/mol. The number of hydrogen-bond donors (Lipinski definition) is 2. The minimum atomic E-state index is -0.159. The quantitative estimate of drug-likeness (QED) is 0.757. The Bertz CT molecular complexity index is 348. The first-order valence-corrected chi connectivity index (χ1v) is 7.62. The molecule has 0 saturated heterocycles. The van der Waals surface area contributed by atoms with Crippen LogP contribution in [0.15, 0.2) is 33.6 Å². The molecule has 0 heterocycles. The number of halogens is 1. The van der Waals surface area contributed by atoms with E-state index in [4.69, 9.17) is 0 Å². The van der Waals surface area contributed by atoms with Crippen LogP contribution in [0.3, 0.4) is 0 Å². The molecule has 1 rings (SSSR count). The molecule has 0 aliphatic rings. The third-order valence-corrected chi connectivity index (χ3v) is 4.16. The Morgan fingerprint density at radius 3 is 2.82 bits per heavy atom. The number of benzene rings is 1. The minimum absolute atomic E-state index is 0.159. The molecule has 0 saturated carbocycles. The molecule has 0 aliphatic carbocycles.